The van der Waals surface area contributed by atoms with E-state index in [1.54, 1.807) is 12.1 Å². The molecule has 0 saturated heterocycles. The van der Waals surface area contributed by atoms with E-state index in [-0.39, 0.29) is 24.8 Å². The van der Waals surface area contributed by atoms with E-state index in [1.807, 2.05) is 12.1 Å². The number of rotatable bonds is 9. The highest BCUT2D eigenvalue weighted by Gasteiger charge is 2.30. The number of hydrogen-bond acceptors (Lipinski definition) is 4. The van der Waals surface area contributed by atoms with Gasteiger partial charge in [-0.1, -0.05) is 0 Å². The van der Waals surface area contributed by atoms with Gasteiger partial charge in [0.2, 0.25) is 0 Å². The molecule has 30 heavy (non-hydrogen) atoms. The van der Waals surface area contributed by atoms with Gasteiger partial charge in [-0.25, -0.2) is 0 Å². The lowest BCUT2D eigenvalue weighted by Gasteiger charge is -2.27. The van der Waals surface area contributed by atoms with Crippen molar-refractivity contribution < 1.29 is 27.8 Å². The number of aliphatic hydroxyl groups excluding tert-OH is 1. The predicted molar refractivity (Wildman–Crippen MR) is 110 cm³/mol. The average Bonchev–Trinajstić information content (AvgIpc) is 2.71. The lowest BCUT2D eigenvalue weighted by atomic mass is 10.1. The molecule has 2 N–H and O–H groups in total. The summed E-state index contributed by atoms with van der Waals surface area (Å²) >= 11 is 0. The van der Waals surface area contributed by atoms with Gasteiger partial charge in [-0.3, -0.25) is 4.79 Å². The number of alkyl halides is 3. The fourth-order valence-electron chi connectivity index (χ4n) is 2.95. The van der Waals surface area contributed by atoms with Gasteiger partial charge in [0.1, 0.15) is 18.5 Å². The summed E-state index contributed by atoms with van der Waals surface area (Å²) in [7, 11) is 0. The van der Waals surface area contributed by atoms with Crippen molar-refractivity contribution in [3.63, 3.8) is 0 Å². The molecule has 1 atom stereocenters. The molecule has 8 heteroatoms. The van der Waals surface area contributed by atoms with Crippen LogP contribution < -0.4 is 15.0 Å². The number of carbonyl (C=O) groups is 1. The van der Waals surface area contributed by atoms with E-state index in [0.29, 0.717) is 11.6 Å². The molecule has 1 unspecified atom stereocenters. The van der Waals surface area contributed by atoms with E-state index in [2.05, 4.69) is 31.0 Å². The summed E-state index contributed by atoms with van der Waals surface area (Å²) < 4.78 is 42.9. The lowest BCUT2D eigenvalue weighted by Crippen LogP contribution is -2.35. The Morgan fingerprint density at radius 2 is 1.70 bits per heavy atom. The van der Waals surface area contributed by atoms with Crippen LogP contribution in [0.25, 0.3) is 0 Å². The molecule has 0 aliphatic carbocycles. The summed E-state index contributed by atoms with van der Waals surface area (Å²) in [5, 5.41) is 12.6. The Balaban J connectivity index is 1.81. The number of nitrogens with one attached hydrogen (secondary N) is 1. The van der Waals surface area contributed by atoms with E-state index in [1.165, 1.54) is 12.1 Å². The van der Waals surface area contributed by atoms with Gasteiger partial charge in [-0.2, -0.15) is 13.2 Å². The minimum Gasteiger partial charge on any atom is -0.491 e. The molecule has 0 aliphatic rings. The number of nitrogens with zero attached hydrogens (tertiary/aromatic N) is 1. The summed E-state index contributed by atoms with van der Waals surface area (Å²) in [5.74, 6) is -0.127. The van der Waals surface area contributed by atoms with Crippen molar-refractivity contribution in [3.05, 3.63) is 59.7 Å². The zero-order valence-electron chi connectivity index (χ0n) is 17.2. The highest BCUT2D eigenvalue weighted by Crippen LogP contribution is 2.30. The van der Waals surface area contributed by atoms with Crippen LogP contribution in [0.15, 0.2) is 48.5 Å². The van der Waals surface area contributed by atoms with Crippen LogP contribution in [0, 0.1) is 0 Å². The van der Waals surface area contributed by atoms with E-state index in [0.717, 1.165) is 24.4 Å². The van der Waals surface area contributed by atoms with Crippen molar-refractivity contribution in [1.29, 1.82) is 0 Å². The number of anilines is 1. The Labute approximate surface area is 174 Å². The highest BCUT2D eigenvalue weighted by molar-refractivity contribution is 5.94. The second kappa shape index (κ2) is 10.3. The van der Waals surface area contributed by atoms with Gasteiger partial charge >= 0.3 is 6.18 Å². The molecule has 0 aliphatic heterocycles. The maximum absolute atomic E-state index is 12.5. The summed E-state index contributed by atoms with van der Waals surface area (Å²) in [6.45, 7) is 6.90. The highest BCUT2D eigenvalue weighted by atomic mass is 19.4. The van der Waals surface area contributed by atoms with Crippen LogP contribution in [0.3, 0.4) is 0 Å². The van der Waals surface area contributed by atoms with Crippen LogP contribution in [-0.2, 0) is 6.18 Å². The molecule has 0 saturated carbocycles. The van der Waals surface area contributed by atoms with Crippen LogP contribution in [0.1, 0.15) is 36.7 Å². The zero-order valence-corrected chi connectivity index (χ0v) is 17.2. The smallest absolute Gasteiger partial charge is 0.416 e. The van der Waals surface area contributed by atoms with Crippen molar-refractivity contribution >= 4 is 11.6 Å². The normalized spacial score (nSPS) is 12.5. The zero-order chi connectivity index (χ0) is 22.3. The van der Waals surface area contributed by atoms with E-state index >= 15 is 0 Å². The van der Waals surface area contributed by atoms with Crippen molar-refractivity contribution in [2.24, 2.45) is 0 Å². The van der Waals surface area contributed by atoms with Gasteiger partial charge < -0.3 is 20.1 Å². The Hall–Kier alpha value is -2.74. The van der Waals surface area contributed by atoms with Gasteiger partial charge in [0.05, 0.1) is 5.56 Å². The summed E-state index contributed by atoms with van der Waals surface area (Å²) in [5.41, 5.74) is 0.715. The molecule has 0 spiro atoms. The number of ether oxygens (including phenoxy) is 1. The summed E-state index contributed by atoms with van der Waals surface area (Å²) in [6.07, 6.45) is -5.42. The predicted octanol–water partition coefficient (Wildman–Crippen LogP) is 4.11. The molecular weight excluding hydrogens is 397 g/mol. The van der Waals surface area contributed by atoms with Crippen molar-refractivity contribution in [2.45, 2.75) is 39.1 Å². The molecule has 2 aromatic rings. The molecule has 5 nitrogen and oxygen atoms in total. The van der Waals surface area contributed by atoms with Gasteiger partial charge in [0.25, 0.3) is 5.91 Å². The van der Waals surface area contributed by atoms with E-state index in [4.69, 9.17) is 4.74 Å². The first-order valence-corrected chi connectivity index (χ1v) is 9.74. The number of benzene rings is 2. The monoisotopic (exact) mass is 424 g/mol. The molecule has 2 aromatic carbocycles. The molecule has 2 rings (SSSR count). The third-order valence-corrected chi connectivity index (χ3v) is 4.55. The second-order valence-electron chi connectivity index (χ2n) is 7.12. The van der Waals surface area contributed by atoms with Gasteiger partial charge in [0.15, 0.2) is 0 Å². The molecule has 0 fully saturated rings. The van der Waals surface area contributed by atoms with Crippen LogP contribution >= 0.6 is 0 Å². The molecular formula is C22H27F3N2O3. The number of hydrogen-bond donors (Lipinski definition) is 2. The number of amides is 1. The second-order valence-corrected chi connectivity index (χ2v) is 7.12. The van der Waals surface area contributed by atoms with Crippen molar-refractivity contribution in [2.75, 3.05) is 24.6 Å². The minimum absolute atomic E-state index is 0.0473. The van der Waals surface area contributed by atoms with Crippen LogP contribution in [0.4, 0.5) is 18.9 Å². The Kier molecular flexibility index (Phi) is 8.11. The molecule has 1 amide bonds. The van der Waals surface area contributed by atoms with Gasteiger partial charge in [0, 0.05) is 30.4 Å². The van der Waals surface area contributed by atoms with E-state index in [9.17, 15) is 23.1 Å². The third kappa shape index (κ3) is 6.66. The third-order valence-electron chi connectivity index (χ3n) is 4.55. The average molecular weight is 424 g/mol. The maximum atomic E-state index is 12.5. The first kappa shape index (κ1) is 23.5. The molecule has 0 aromatic heterocycles. The molecule has 0 radical (unpaired) electrons. The molecule has 164 valence electrons. The SMILES string of the molecule is CCN(c1ccc(C(=O)NCC(O)COc2ccc(C(F)(F)F)cc2)cc1)C(C)C. The number of halogens is 3. The fourth-order valence-corrected chi connectivity index (χ4v) is 2.95. The lowest BCUT2D eigenvalue weighted by molar-refractivity contribution is -0.137. The molecule has 0 heterocycles. The Morgan fingerprint density at radius 1 is 1.10 bits per heavy atom. The quantitative estimate of drug-likeness (QED) is 0.636. The fraction of sp³-hybridized carbons (Fsp3) is 0.409. The number of carbonyl (C=O) groups excluding carboxylic acids is 1. The van der Waals surface area contributed by atoms with Gasteiger partial charge in [-0.05, 0) is 69.3 Å². The largest absolute Gasteiger partial charge is 0.491 e. The Morgan fingerprint density at radius 3 is 2.20 bits per heavy atom. The summed E-state index contributed by atoms with van der Waals surface area (Å²) in [6, 6.07) is 11.7. The van der Waals surface area contributed by atoms with Crippen molar-refractivity contribution in [3.8, 4) is 5.75 Å². The van der Waals surface area contributed by atoms with Crippen molar-refractivity contribution in [1.82, 2.24) is 5.32 Å². The van der Waals surface area contributed by atoms with Crippen LogP contribution in [-0.4, -0.2) is 42.9 Å². The number of aliphatic hydroxyl groups is 1. The maximum Gasteiger partial charge on any atom is 0.416 e. The first-order valence-electron chi connectivity index (χ1n) is 9.74. The van der Waals surface area contributed by atoms with Gasteiger partial charge in [-0.15, -0.1) is 0 Å². The molecule has 0 bridgehead atoms. The van der Waals surface area contributed by atoms with E-state index < -0.39 is 17.8 Å². The minimum atomic E-state index is -4.41. The van der Waals surface area contributed by atoms with Crippen LogP contribution in [0.5, 0.6) is 5.75 Å². The Bertz CT molecular complexity index is 806. The topological polar surface area (TPSA) is 61.8 Å². The van der Waals surface area contributed by atoms with Crippen LogP contribution in [0.2, 0.25) is 0 Å². The standard InChI is InChI=1S/C22H27F3N2O3/c1-4-27(15(2)3)18-9-5-16(6-10-18)21(29)26-13-19(28)14-30-20-11-7-17(8-12-20)22(23,24)25/h5-12,15,19,28H,4,13-14H2,1-3H3,(H,26,29). The first-order chi connectivity index (χ1) is 14.1. The summed E-state index contributed by atoms with van der Waals surface area (Å²) in [4.78, 5) is 14.5.